The summed E-state index contributed by atoms with van der Waals surface area (Å²) in [6.45, 7) is 2.77. The molecule has 0 saturated heterocycles. The van der Waals surface area contributed by atoms with Crippen LogP contribution >= 0.6 is 0 Å². The van der Waals surface area contributed by atoms with Crippen LogP contribution in [0.1, 0.15) is 40.1 Å². The number of carboxylic acid groups (broad SMARTS) is 1. The van der Waals surface area contributed by atoms with Crippen molar-refractivity contribution in [2.24, 2.45) is 0 Å². The van der Waals surface area contributed by atoms with Crippen molar-refractivity contribution in [3.05, 3.63) is 52.8 Å². The Balaban J connectivity index is 1.91. The van der Waals surface area contributed by atoms with Gasteiger partial charge in [0.15, 0.2) is 0 Å². The van der Waals surface area contributed by atoms with Gasteiger partial charge in [0.25, 0.3) is 5.91 Å². The molecule has 0 radical (unpaired) electrons. The molecule has 0 atom stereocenters. The number of alkyl halides is 1. The third-order valence-corrected chi connectivity index (χ3v) is 4.20. The highest BCUT2D eigenvalue weighted by Crippen LogP contribution is 2.43. The molecule has 1 aliphatic rings. The molecule has 2 aromatic rings. The summed E-state index contributed by atoms with van der Waals surface area (Å²) in [7, 11) is 0. The molecule has 0 bridgehead atoms. The number of carboxylic acids is 1. The quantitative estimate of drug-likeness (QED) is 0.784. The molecule has 148 valence electrons. The van der Waals surface area contributed by atoms with Gasteiger partial charge in [-0.3, -0.25) is 4.79 Å². The van der Waals surface area contributed by atoms with Gasteiger partial charge in [-0.1, -0.05) is 0 Å². The Kier molecular flexibility index (Phi) is 5.22. The number of hydrogen-bond donors (Lipinski definition) is 2. The van der Waals surface area contributed by atoms with E-state index in [1.54, 1.807) is 0 Å². The maximum Gasteiger partial charge on any atom is 0.335 e. The zero-order chi connectivity index (χ0) is 20.5. The number of halogens is 2. The number of carbonyl (C=O) groups is 2. The molecule has 2 aromatic carbocycles. The van der Waals surface area contributed by atoms with E-state index in [2.05, 4.69) is 5.32 Å². The highest BCUT2D eigenvalue weighted by Gasteiger charge is 2.34. The Hall–Kier alpha value is -3.16. The monoisotopic (exact) mass is 391 g/mol. The summed E-state index contributed by atoms with van der Waals surface area (Å²) in [5, 5.41) is 11.6. The topological polar surface area (TPSA) is 84.9 Å². The smallest absolute Gasteiger partial charge is 0.335 e. The van der Waals surface area contributed by atoms with Gasteiger partial charge in [-0.15, -0.1) is 0 Å². The summed E-state index contributed by atoms with van der Waals surface area (Å²) in [5.41, 5.74) is -0.106. The molecule has 1 aliphatic heterocycles. The van der Waals surface area contributed by atoms with Crippen LogP contribution < -0.4 is 14.8 Å². The third kappa shape index (κ3) is 4.05. The lowest BCUT2D eigenvalue weighted by Gasteiger charge is -2.16. The van der Waals surface area contributed by atoms with Crippen molar-refractivity contribution in [1.29, 1.82) is 0 Å². The minimum absolute atomic E-state index is 0.0193. The standard InChI is InChI=1S/C20H19F2NO5/c1-20(2)10-14-16(7-11(19(25)26)8-17(14)28-20)27-12-3-4-13(15(22)9-12)18(24)23-6-5-21/h3-4,7-9H,5-6,10H2,1-2H3,(H,23,24)(H,25,26). The van der Waals surface area contributed by atoms with Crippen molar-refractivity contribution < 1.29 is 33.0 Å². The van der Waals surface area contributed by atoms with Crippen LogP contribution in [-0.4, -0.2) is 35.8 Å². The fraction of sp³-hybridized carbons (Fsp3) is 0.300. The number of hydrogen-bond acceptors (Lipinski definition) is 4. The number of aromatic carboxylic acids is 1. The predicted octanol–water partition coefficient (Wildman–Crippen LogP) is 3.73. The molecule has 28 heavy (non-hydrogen) atoms. The van der Waals surface area contributed by atoms with Crippen LogP contribution in [0.15, 0.2) is 30.3 Å². The van der Waals surface area contributed by atoms with Crippen molar-refractivity contribution in [3.63, 3.8) is 0 Å². The summed E-state index contributed by atoms with van der Waals surface area (Å²) in [6.07, 6.45) is 0.490. The van der Waals surface area contributed by atoms with Crippen LogP contribution in [0.4, 0.5) is 8.78 Å². The maximum atomic E-state index is 14.3. The van der Waals surface area contributed by atoms with E-state index >= 15 is 0 Å². The highest BCUT2D eigenvalue weighted by atomic mass is 19.1. The van der Waals surface area contributed by atoms with E-state index < -0.39 is 30.0 Å². The Morgan fingerprint density at radius 1 is 1.29 bits per heavy atom. The summed E-state index contributed by atoms with van der Waals surface area (Å²) >= 11 is 0. The Labute approximate surface area is 160 Å². The van der Waals surface area contributed by atoms with Gasteiger partial charge in [0, 0.05) is 24.6 Å². The van der Waals surface area contributed by atoms with Gasteiger partial charge >= 0.3 is 5.97 Å². The average Bonchev–Trinajstić information content (AvgIpc) is 2.94. The van der Waals surface area contributed by atoms with Crippen LogP contribution in [0.25, 0.3) is 0 Å². The summed E-state index contributed by atoms with van der Waals surface area (Å²) < 4.78 is 37.9. The molecule has 6 nitrogen and oxygen atoms in total. The van der Waals surface area contributed by atoms with Gasteiger partial charge < -0.3 is 19.9 Å². The molecule has 0 spiro atoms. The van der Waals surface area contributed by atoms with Crippen molar-refractivity contribution >= 4 is 11.9 Å². The zero-order valence-electron chi connectivity index (χ0n) is 15.3. The van der Waals surface area contributed by atoms with Gasteiger partial charge in [-0.2, -0.15) is 0 Å². The predicted molar refractivity (Wildman–Crippen MR) is 96.6 cm³/mol. The van der Waals surface area contributed by atoms with E-state index in [-0.39, 0.29) is 29.2 Å². The van der Waals surface area contributed by atoms with E-state index in [0.717, 1.165) is 6.07 Å². The zero-order valence-corrected chi connectivity index (χ0v) is 15.3. The second kappa shape index (κ2) is 7.46. The molecular weight excluding hydrogens is 372 g/mol. The third-order valence-electron chi connectivity index (χ3n) is 4.20. The minimum Gasteiger partial charge on any atom is -0.487 e. The van der Waals surface area contributed by atoms with Crippen molar-refractivity contribution in [3.8, 4) is 17.2 Å². The van der Waals surface area contributed by atoms with Crippen LogP contribution in [0.2, 0.25) is 0 Å². The molecular formula is C20H19F2NO5. The van der Waals surface area contributed by atoms with Crippen molar-refractivity contribution in [2.45, 2.75) is 25.9 Å². The fourth-order valence-electron chi connectivity index (χ4n) is 2.99. The molecule has 2 N–H and O–H groups in total. The number of ether oxygens (including phenoxy) is 2. The first-order valence-electron chi connectivity index (χ1n) is 8.61. The van der Waals surface area contributed by atoms with Crippen LogP contribution in [0.5, 0.6) is 17.2 Å². The lowest BCUT2D eigenvalue weighted by atomic mass is 10.00. The molecule has 0 aliphatic carbocycles. The first kappa shape index (κ1) is 19.6. The number of carbonyl (C=O) groups excluding carboxylic acids is 1. The largest absolute Gasteiger partial charge is 0.487 e. The number of amides is 1. The Morgan fingerprint density at radius 2 is 2.04 bits per heavy atom. The van der Waals surface area contributed by atoms with Crippen LogP contribution in [0.3, 0.4) is 0 Å². The molecule has 0 fully saturated rings. The van der Waals surface area contributed by atoms with E-state index in [1.807, 2.05) is 13.8 Å². The molecule has 0 saturated carbocycles. The van der Waals surface area contributed by atoms with Gasteiger partial charge in [0.05, 0.1) is 11.1 Å². The van der Waals surface area contributed by atoms with Gasteiger partial charge in [0.2, 0.25) is 0 Å². The number of fused-ring (bicyclic) bond motifs is 1. The van der Waals surface area contributed by atoms with E-state index in [0.29, 0.717) is 17.7 Å². The Morgan fingerprint density at radius 3 is 2.68 bits per heavy atom. The number of rotatable bonds is 6. The summed E-state index contributed by atoms with van der Waals surface area (Å²) in [4.78, 5) is 23.2. The summed E-state index contributed by atoms with van der Waals surface area (Å²) in [6, 6.07) is 6.41. The molecule has 3 rings (SSSR count). The van der Waals surface area contributed by atoms with Crippen LogP contribution in [-0.2, 0) is 6.42 Å². The summed E-state index contributed by atoms with van der Waals surface area (Å²) in [5.74, 6) is -1.97. The van der Waals surface area contributed by atoms with Crippen molar-refractivity contribution in [1.82, 2.24) is 5.32 Å². The molecule has 0 aromatic heterocycles. The van der Waals surface area contributed by atoms with Crippen molar-refractivity contribution in [2.75, 3.05) is 13.2 Å². The van der Waals surface area contributed by atoms with Gasteiger partial charge in [0.1, 0.15) is 35.3 Å². The molecule has 0 unspecified atom stereocenters. The van der Waals surface area contributed by atoms with Crippen LogP contribution in [0, 0.1) is 5.82 Å². The van der Waals surface area contributed by atoms with E-state index in [4.69, 9.17) is 9.47 Å². The lowest BCUT2D eigenvalue weighted by Crippen LogP contribution is -2.26. The number of nitrogens with one attached hydrogen (secondary N) is 1. The van der Waals surface area contributed by atoms with Gasteiger partial charge in [-0.25, -0.2) is 13.6 Å². The second-order valence-corrected chi connectivity index (χ2v) is 6.98. The first-order valence-corrected chi connectivity index (χ1v) is 8.61. The number of benzene rings is 2. The SMILES string of the molecule is CC1(C)Cc2c(Oc3ccc(C(=O)NCCF)c(F)c3)cc(C(=O)O)cc2O1. The van der Waals surface area contributed by atoms with Gasteiger partial charge in [-0.05, 0) is 38.1 Å². The second-order valence-electron chi connectivity index (χ2n) is 6.98. The molecule has 1 amide bonds. The van der Waals surface area contributed by atoms with E-state index in [9.17, 15) is 23.5 Å². The normalized spacial score (nSPS) is 14.1. The average molecular weight is 391 g/mol. The fourth-order valence-corrected chi connectivity index (χ4v) is 2.99. The molecule has 1 heterocycles. The van der Waals surface area contributed by atoms with E-state index in [1.165, 1.54) is 24.3 Å². The molecule has 8 heteroatoms. The highest BCUT2D eigenvalue weighted by molar-refractivity contribution is 5.94. The minimum atomic E-state index is -1.15. The lowest BCUT2D eigenvalue weighted by molar-refractivity contribution is 0.0694. The Bertz CT molecular complexity index is 942. The maximum absolute atomic E-state index is 14.3. The first-order chi connectivity index (χ1) is 13.2.